The Morgan fingerprint density at radius 3 is 2.69 bits per heavy atom. The van der Waals surface area contributed by atoms with E-state index in [2.05, 4.69) is 0 Å². The standard InChI is InChI=1S/C10H17NO2/c1-8(2)10(12,7-11)6-9-4-3-5-13-9/h3-5,8,12H,6-7,11H2,1-2H3. The topological polar surface area (TPSA) is 59.4 Å². The highest BCUT2D eigenvalue weighted by atomic mass is 16.3. The molecule has 0 aliphatic carbocycles. The lowest BCUT2D eigenvalue weighted by Crippen LogP contribution is -2.44. The number of rotatable bonds is 4. The fraction of sp³-hybridized carbons (Fsp3) is 0.600. The van der Waals surface area contributed by atoms with Crippen molar-refractivity contribution in [2.45, 2.75) is 25.9 Å². The maximum Gasteiger partial charge on any atom is 0.106 e. The van der Waals surface area contributed by atoms with E-state index in [-0.39, 0.29) is 12.5 Å². The molecule has 3 N–H and O–H groups in total. The van der Waals surface area contributed by atoms with Gasteiger partial charge in [0.1, 0.15) is 5.76 Å². The Morgan fingerprint density at radius 1 is 1.62 bits per heavy atom. The molecule has 0 aromatic carbocycles. The maximum absolute atomic E-state index is 10.1. The number of furan rings is 1. The number of nitrogens with two attached hydrogens (primary N) is 1. The summed E-state index contributed by atoms with van der Waals surface area (Å²) >= 11 is 0. The largest absolute Gasteiger partial charge is 0.469 e. The molecule has 3 nitrogen and oxygen atoms in total. The molecule has 1 heterocycles. The van der Waals surface area contributed by atoms with Gasteiger partial charge in [0.25, 0.3) is 0 Å². The normalized spacial score (nSPS) is 16.1. The maximum atomic E-state index is 10.1. The third-order valence-electron chi connectivity index (χ3n) is 2.49. The Balaban J connectivity index is 2.69. The van der Waals surface area contributed by atoms with Crippen molar-refractivity contribution < 1.29 is 9.52 Å². The lowest BCUT2D eigenvalue weighted by molar-refractivity contribution is -0.000156. The summed E-state index contributed by atoms with van der Waals surface area (Å²) in [6, 6.07) is 3.66. The van der Waals surface area contributed by atoms with Crippen LogP contribution in [0.4, 0.5) is 0 Å². The smallest absolute Gasteiger partial charge is 0.106 e. The first-order chi connectivity index (χ1) is 6.08. The molecule has 1 aromatic heterocycles. The van der Waals surface area contributed by atoms with Crippen molar-refractivity contribution in [1.29, 1.82) is 0 Å². The predicted molar refractivity (Wildman–Crippen MR) is 51.3 cm³/mol. The Labute approximate surface area is 78.5 Å². The molecule has 0 spiro atoms. The average molecular weight is 183 g/mol. The molecule has 1 unspecified atom stereocenters. The first-order valence-electron chi connectivity index (χ1n) is 4.53. The van der Waals surface area contributed by atoms with Crippen LogP contribution in [0.5, 0.6) is 0 Å². The molecule has 0 bridgehead atoms. The van der Waals surface area contributed by atoms with E-state index in [1.165, 1.54) is 0 Å². The second-order valence-electron chi connectivity index (χ2n) is 3.72. The summed E-state index contributed by atoms with van der Waals surface area (Å²) in [6.07, 6.45) is 2.08. The minimum Gasteiger partial charge on any atom is -0.469 e. The van der Waals surface area contributed by atoms with Gasteiger partial charge < -0.3 is 15.3 Å². The van der Waals surface area contributed by atoms with Gasteiger partial charge in [-0.1, -0.05) is 13.8 Å². The number of hydrogen-bond donors (Lipinski definition) is 2. The van der Waals surface area contributed by atoms with Crippen LogP contribution in [-0.4, -0.2) is 17.3 Å². The fourth-order valence-electron chi connectivity index (χ4n) is 1.23. The van der Waals surface area contributed by atoms with Gasteiger partial charge in [-0.15, -0.1) is 0 Å². The second-order valence-corrected chi connectivity index (χ2v) is 3.72. The van der Waals surface area contributed by atoms with Crippen LogP contribution in [0.3, 0.4) is 0 Å². The number of aliphatic hydroxyl groups is 1. The van der Waals surface area contributed by atoms with E-state index in [0.717, 1.165) is 5.76 Å². The summed E-state index contributed by atoms with van der Waals surface area (Å²) in [5, 5.41) is 10.1. The first-order valence-corrected chi connectivity index (χ1v) is 4.53. The molecular formula is C10H17NO2. The Bertz CT molecular complexity index is 243. The molecular weight excluding hydrogens is 166 g/mol. The molecule has 0 saturated heterocycles. The Hall–Kier alpha value is -0.800. The summed E-state index contributed by atoms with van der Waals surface area (Å²) in [5.74, 6) is 0.907. The van der Waals surface area contributed by atoms with Crippen molar-refractivity contribution in [2.75, 3.05) is 6.54 Å². The van der Waals surface area contributed by atoms with Crippen molar-refractivity contribution in [2.24, 2.45) is 11.7 Å². The molecule has 0 fully saturated rings. The summed E-state index contributed by atoms with van der Waals surface area (Å²) in [4.78, 5) is 0. The van der Waals surface area contributed by atoms with Crippen molar-refractivity contribution in [1.82, 2.24) is 0 Å². The molecule has 0 aliphatic rings. The Kier molecular flexibility index (Phi) is 3.12. The van der Waals surface area contributed by atoms with E-state index in [9.17, 15) is 5.11 Å². The molecule has 74 valence electrons. The minimum atomic E-state index is -0.849. The van der Waals surface area contributed by atoms with Gasteiger partial charge in [0, 0.05) is 13.0 Å². The van der Waals surface area contributed by atoms with Gasteiger partial charge in [0.05, 0.1) is 11.9 Å². The summed E-state index contributed by atoms with van der Waals surface area (Å²) in [7, 11) is 0. The van der Waals surface area contributed by atoms with Gasteiger partial charge in [-0.05, 0) is 18.1 Å². The number of hydrogen-bond acceptors (Lipinski definition) is 3. The van der Waals surface area contributed by atoms with Crippen LogP contribution in [0, 0.1) is 5.92 Å². The van der Waals surface area contributed by atoms with E-state index >= 15 is 0 Å². The molecule has 1 aromatic rings. The van der Waals surface area contributed by atoms with Crippen LogP contribution in [0.15, 0.2) is 22.8 Å². The minimum absolute atomic E-state index is 0.127. The van der Waals surface area contributed by atoms with E-state index in [1.54, 1.807) is 6.26 Å². The van der Waals surface area contributed by atoms with E-state index in [0.29, 0.717) is 6.42 Å². The fourth-order valence-corrected chi connectivity index (χ4v) is 1.23. The van der Waals surface area contributed by atoms with Gasteiger partial charge in [0.15, 0.2) is 0 Å². The zero-order valence-corrected chi connectivity index (χ0v) is 8.16. The summed E-state index contributed by atoms with van der Waals surface area (Å²) in [6.45, 7) is 4.16. The summed E-state index contributed by atoms with van der Waals surface area (Å²) < 4.78 is 5.17. The van der Waals surface area contributed by atoms with Crippen molar-refractivity contribution in [3.8, 4) is 0 Å². The highest BCUT2D eigenvalue weighted by Crippen LogP contribution is 2.21. The van der Waals surface area contributed by atoms with Gasteiger partial charge >= 0.3 is 0 Å². The zero-order valence-electron chi connectivity index (χ0n) is 8.16. The molecule has 0 radical (unpaired) electrons. The molecule has 0 saturated carbocycles. The second kappa shape index (κ2) is 3.94. The molecule has 13 heavy (non-hydrogen) atoms. The van der Waals surface area contributed by atoms with Crippen LogP contribution in [0.25, 0.3) is 0 Å². The quantitative estimate of drug-likeness (QED) is 0.736. The summed E-state index contributed by atoms with van der Waals surface area (Å²) in [5.41, 5.74) is 4.68. The van der Waals surface area contributed by atoms with E-state index in [1.807, 2.05) is 26.0 Å². The van der Waals surface area contributed by atoms with Crippen LogP contribution < -0.4 is 5.73 Å². The van der Waals surface area contributed by atoms with Crippen LogP contribution in [-0.2, 0) is 6.42 Å². The molecule has 0 amide bonds. The molecule has 3 heteroatoms. The van der Waals surface area contributed by atoms with Crippen molar-refractivity contribution in [3.05, 3.63) is 24.2 Å². The Morgan fingerprint density at radius 2 is 2.31 bits per heavy atom. The van der Waals surface area contributed by atoms with Gasteiger partial charge in [0.2, 0.25) is 0 Å². The lowest BCUT2D eigenvalue weighted by atomic mass is 9.86. The van der Waals surface area contributed by atoms with Crippen LogP contribution >= 0.6 is 0 Å². The van der Waals surface area contributed by atoms with E-state index in [4.69, 9.17) is 10.2 Å². The average Bonchev–Trinajstić information content (AvgIpc) is 2.56. The van der Waals surface area contributed by atoms with Crippen LogP contribution in [0.2, 0.25) is 0 Å². The van der Waals surface area contributed by atoms with Gasteiger partial charge in [-0.3, -0.25) is 0 Å². The predicted octanol–water partition coefficient (Wildman–Crippen LogP) is 1.17. The SMILES string of the molecule is CC(C)C(O)(CN)Cc1ccco1. The third kappa shape index (κ3) is 2.32. The third-order valence-corrected chi connectivity index (χ3v) is 2.49. The monoisotopic (exact) mass is 183 g/mol. The molecule has 1 rings (SSSR count). The lowest BCUT2D eigenvalue weighted by Gasteiger charge is -2.29. The van der Waals surface area contributed by atoms with Gasteiger partial charge in [-0.25, -0.2) is 0 Å². The highest BCUT2D eigenvalue weighted by Gasteiger charge is 2.30. The van der Waals surface area contributed by atoms with E-state index < -0.39 is 5.60 Å². The van der Waals surface area contributed by atoms with Crippen molar-refractivity contribution in [3.63, 3.8) is 0 Å². The van der Waals surface area contributed by atoms with Crippen LogP contribution in [0.1, 0.15) is 19.6 Å². The highest BCUT2D eigenvalue weighted by molar-refractivity contribution is 5.04. The van der Waals surface area contributed by atoms with Gasteiger partial charge in [-0.2, -0.15) is 0 Å². The first kappa shape index (κ1) is 10.3. The zero-order chi connectivity index (χ0) is 9.90. The molecule has 1 atom stereocenters. The van der Waals surface area contributed by atoms with Crippen molar-refractivity contribution >= 4 is 0 Å². The molecule has 0 aliphatic heterocycles.